The number of nitrogens with two attached hydrogens (primary N) is 4. The van der Waals surface area contributed by atoms with Crippen LogP contribution < -0.4 is 28.3 Å². The fourth-order valence-corrected chi connectivity index (χ4v) is 24.6. The molecule has 0 radical (unpaired) electrons. The van der Waals surface area contributed by atoms with Crippen molar-refractivity contribution in [2.45, 2.75) is 161 Å². The molecule has 30 atom stereocenters. The van der Waals surface area contributed by atoms with Crippen LogP contribution in [0.25, 0.3) is 61.5 Å². The Morgan fingerprint density at radius 2 is 0.647 bits per heavy atom. The second-order valence-electron chi connectivity index (χ2n) is 30.3. The van der Waals surface area contributed by atoms with Crippen molar-refractivity contribution < 1.29 is 139 Å². The molecule has 6 unspecified atom stereocenters. The van der Waals surface area contributed by atoms with Gasteiger partial charge >= 0.3 is 40.4 Å². The molecule has 0 saturated carbocycles. The number of hydrogen-bond donors (Lipinski definition) is 12. The van der Waals surface area contributed by atoms with E-state index >= 15 is 22.0 Å². The summed E-state index contributed by atoms with van der Waals surface area (Å²) in [5, 5.41) is 14.0. The minimum Gasteiger partial charge on any atom is -0.386 e. The van der Waals surface area contributed by atoms with Crippen LogP contribution in [-0.4, -0.2) is 293 Å². The quantitative estimate of drug-likeness (QED) is 0.0647. The minimum atomic E-state index is -4.31. The van der Waals surface area contributed by atoms with Gasteiger partial charge in [0.25, 0.3) is 0 Å². The number of nitrogen functional groups attached to an aromatic ring is 3. The lowest BCUT2D eigenvalue weighted by Crippen LogP contribution is -2.38. The Balaban J connectivity index is 0.000000129. The van der Waals surface area contributed by atoms with Gasteiger partial charge in [-0.2, -0.15) is 4.99 Å². The zero-order chi connectivity index (χ0) is 93.8. The number of nitrogens with zero attached hydrogens (tertiary/aromatic N) is 23. The van der Waals surface area contributed by atoms with Crippen LogP contribution in [0.2, 0.25) is 0 Å². The van der Waals surface area contributed by atoms with Gasteiger partial charge in [0.05, 0.1) is 94.7 Å². The minimum absolute atomic E-state index is 0.0268. The van der Waals surface area contributed by atoms with Gasteiger partial charge in [-0.05, 0) is 72.9 Å². The van der Waals surface area contributed by atoms with Crippen molar-refractivity contribution in [1.29, 1.82) is 0 Å². The molecular formula is C63H71F5N28O25P6S6. The molecule has 11 aromatic rings. The molecule has 0 bridgehead atoms. The molecule has 0 amide bonds. The fourth-order valence-electron chi connectivity index (χ4n) is 15.9. The monoisotopic (exact) mass is 2090 g/mol. The van der Waals surface area contributed by atoms with E-state index in [4.69, 9.17) is 165 Å². The van der Waals surface area contributed by atoms with Crippen molar-refractivity contribution in [3.05, 3.63) is 93.3 Å². The van der Waals surface area contributed by atoms with Crippen LogP contribution in [0.15, 0.2) is 81.2 Å². The highest BCUT2D eigenvalue weighted by molar-refractivity contribution is 8.44. The number of aliphatic imine (C=N–C) groups is 1. The predicted octanol–water partition coefficient (Wildman–Crippen LogP) is 2.95. The largest absolute Gasteiger partial charge is 0.386 e. The number of aromatic nitrogens is 22. The Bertz CT molecular complexity index is 6200. The molecule has 21 rings (SSSR count). The van der Waals surface area contributed by atoms with Crippen molar-refractivity contribution in [3.8, 4) is 0 Å². The van der Waals surface area contributed by atoms with E-state index in [1.54, 1.807) is 13.8 Å². The van der Waals surface area contributed by atoms with Crippen molar-refractivity contribution in [1.82, 2.24) is 112 Å². The summed E-state index contributed by atoms with van der Waals surface area (Å²) in [5.41, 5.74) is 27.7. The van der Waals surface area contributed by atoms with Crippen LogP contribution in [0.1, 0.15) is 54.4 Å². The third-order valence-corrected chi connectivity index (χ3v) is 31.4. The Kier molecular flexibility index (Phi) is 26.1. The van der Waals surface area contributed by atoms with Crippen LogP contribution in [-0.2, 0) is 146 Å². The highest BCUT2D eigenvalue weighted by atomic mass is 32.7. The number of ether oxygens (including phenoxy) is 6. The molecule has 0 spiro atoms. The van der Waals surface area contributed by atoms with E-state index in [2.05, 4.69) is 109 Å². The van der Waals surface area contributed by atoms with Crippen LogP contribution in [0.5, 0.6) is 0 Å². The summed E-state index contributed by atoms with van der Waals surface area (Å²) >= 11 is 30.0. The van der Waals surface area contributed by atoms with Gasteiger partial charge in [-0.1, -0.05) is 18.8 Å². The van der Waals surface area contributed by atoms with Gasteiger partial charge in [0, 0.05) is 0 Å². The number of halogens is 5. The lowest BCUT2D eigenvalue weighted by molar-refractivity contribution is -0.0583. The first kappa shape index (κ1) is 94.8. The van der Waals surface area contributed by atoms with E-state index in [1.165, 1.54) is 97.0 Å². The van der Waals surface area contributed by atoms with Gasteiger partial charge < -0.3 is 109 Å². The standard InChI is InChI=1S/2C21H23F2N9O8P2S2.C21H25FN10O9P2S2/c2*1-8-13-18(27-4-25-8)31(6-29-13)20-11(22)15-9(37-20)2-35-42(34,44)40-16-10(3-36-41(33,43)39-15)38-21(12(16)23)32-7-30-14-17(24)26-5-28-19(14)32;1-7-11-18(30-21(24)29-7)32(5-27-11)20-13(33)15-9(39-20)3-37-42(34,44)40-14-8(2-36-43(35,45)41-15)38-19(10(14)22)31-6-28-12-16(23)25-4-26-17(12)31/h2*4-7,9-12,15-16,20-21H,2-3H2,1H3,(H,33,43)(H,34,44)(H2,24,26,28);4-6,8-10,13-15,19-20,33H,1-3H2,(H,34,44)(H,35,45)(H2,23,25,26)(H3,24,29,30)/t2*9-,10-,11+,12+,15-,16-,20-,21-,41?,42?;8-,9-,10-,13-,14-,15-,19-,20-,42?,43?/m111/s1. The highest BCUT2D eigenvalue weighted by Crippen LogP contribution is 2.61. The number of hydrogen-bond acceptors (Lipinski definition) is 47. The lowest BCUT2D eigenvalue weighted by atomic mass is 10.1. The number of alkyl halides is 5. The average Bonchev–Trinajstić information content (AvgIpc) is 1.61. The summed E-state index contributed by atoms with van der Waals surface area (Å²) < 4.78 is 203. The average molecular weight is 2090 g/mol. The number of imidazole rings is 6. The topological polar surface area (TPSA) is 669 Å². The number of nitrogens with one attached hydrogen (secondary N) is 1. The summed E-state index contributed by atoms with van der Waals surface area (Å²) in [6.45, 7) is -21.6. The number of guanidine groups is 1. The highest BCUT2D eigenvalue weighted by Gasteiger charge is 2.59. The molecule has 133 heavy (non-hydrogen) atoms. The second-order valence-corrected chi connectivity index (χ2v) is 47.2. The molecule has 21 heterocycles. The zero-order valence-electron chi connectivity index (χ0n) is 67.3. The first-order valence-electron chi connectivity index (χ1n) is 38.9. The van der Waals surface area contributed by atoms with E-state index < -0.39 is 228 Å². The SMILES string of the molecule is C=C1NC(N)=Nc2c1ncn2[C@@H]1O[C@@H]2COP(O)(=S)O[C@H]3[C@@H](F)[C@H](n4cnc5c(N)ncnc54)O[C@@H]3COP(=O)(S)O[C@H]2[C@H]1O.Cc1ncnc2c1ncn2[C@@H]1O[C@@H]2COP(O)(=S)O[C@H]3[C@H](F)[C@H](n4cnc5c(N)ncnc54)O[C@@H]3COP(O)(=S)O[C@H]2[C@@H]1F.Cc1ncnc2c1ncn2[C@@H]1O[C@@H]2COP(O)(=S)O[C@H]3[C@H](F)[C@H](n4cnc5c(N)ncnc54)O[C@@H]3COP(O)(=S)O[C@H]2[C@@H]1F. The summed E-state index contributed by atoms with van der Waals surface area (Å²) in [6.07, 6.45) is -22.6. The van der Waals surface area contributed by atoms with E-state index in [9.17, 15) is 34.1 Å². The number of rotatable bonds is 6. The Labute approximate surface area is 771 Å². The molecule has 10 aliphatic heterocycles. The molecule has 0 aromatic carbocycles. The number of thiol groups is 1. The second kappa shape index (κ2) is 36.6. The Hall–Kier alpha value is -7.11. The first-order chi connectivity index (χ1) is 63.2. The first-order valence-corrected chi connectivity index (χ1v) is 54.5. The van der Waals surface area contributed by atoms with Crippen molar-refractivity contribution >= 4 is 202 Å². The van der Waals surface area contributed by atoms with Crippen LogP contribution in [0.3, 0.4) is 0 Å². The number of aliphatic hydroxyl groups is 1. The number of anilines is 3. The van der Waals surface area contributed by atoms with Gasteiger partial charge in [-0.25, -0.2) is 106 Å². The van der Waals surface area contributed by atoms with Crippen molar-refractivity contribution in [3.63, 3.8) is 0 Å². The normalized spacial score (nSPS) is 38.5. The Morgan fingerprint density at radius 1 is 0.383 bits per heavy atom. The number of aryl methyl sites for hydroxylation is 2. The van der Waals surface area contributed by atoms with Crippen LogP contribution >= 0.6 is 52.6 Å². The lowest BCUT2D eigenvalue weighted by Gasteiger charge is -2.29. The van der Waals surface area contributed by atoms with Gasteiger partial charge in [-0.15, -0.1) is 0 Å². The summed E-state index contributed by atoms with van der Waals surface area (Å²) in [7, 11) is 0. The molecule has 70 heteroatoms. The third-order valence-electron chi connectivity index (χ3n) is 22.0. The molecule has 15 N–H and O–H groups in total. The van der Waals surface area contributed by atoms with Gasteiger partial charge in [0.1, 0.15) is 144 Å². The maximum Gasteiger partial charge on any atom is 0.386 e. The molecule has 53 nitrogen and oxygen atoms in total. The van der Waals surface area contributed by atoms with Gasteiger partial charge in [0.15, 0.2) is 126 Å². The molecule has 9 fully saturated rings. The summed E-state index contributed by atoms with van der Waals surface area (Å²) in [6, 6.07) is 0. The van der Waals surface area contributed by atoms with E-state index in [-0.39, 0.29) is 74.0 Å². The predicted molar refractivity (Wildman–Crippen MR) is 463 cm³/mol. The third kappa shape index (κ3) is 18.5. The maximum atomic E-state index is 16.0. The number of aliphatic hydroxyl groups excluding tert-OH is 1. The molecule has 9 saturated heterocycles. The van der Waals surface area contributed by atoms with Crippen LogP contribution in [0.4, 0.5) is 45.2 Å². The molecule has 10 aliphatic rings. The van der Waals surface area contributed by atoms with Crippen molar-refractivity contribution in [2.24, 2.45) is 10.7 Å². The summed E-state index contributed by atoms with van der Waals surface area (Å²) in [4.78, 5) is 124. The Morgan fingerprint density at radius 3 is 0.962 bits per heavy atom. The molecule has 714 valence electrons. The van der Waals surface area contributed by atoms with Gasteiger partial charge in [-0.3, -0.25) is 59.1 Å². The number of fused-ring (bicyclic) bond motifs is 12. The van der Waals surface area contributed by atoms with E-state index in [0.29, 0.717) is 33.8 Å². The molecule has 0 aliphatic carbocycles. The van der Waals surface area contributed by atoms with Crippen molar-refractivity contribution in [2.75, 3.05) is 56.8 Å². The maximum absolute atomic E-state index is 16.0. The zero-order valence-corrected chi connectivity index (χ0v) is 77.6. The molecule has 11 aromatic heterocycles. The summed E-state index contributed by atoms with van der Waals surface area (Å²) in [5.74, 6) is 0.439. The van der Waals surface area contributed by atoms with E-state index in [1.807, 2.05) is 0 Å². The molecular weight excluding hydrogens is 2020 g/mol. The fraction of sp³-hybridized carbons (Fsp3) is 0.508. The van der Waals surface area contributed by atoms with Crippen LogP contribution in [0, 0.1) is 13.8 Å². The smallest absolute Gasteiger partial charge is 0.386 e. The van der Waals surface area contributed by atoms with Gasteiger partial charge in [0.2, 0.25) is 0 Å². The van der Waals surface area contributed by atoms with E-state index in [0.717, 1.165) is 0 Å².